The number of carbonyl (C=O) groups excluding carboxylic acids is 1. The molecule has 0 spiro atoms. The minimum absolute atomic E-state index is 0.151. The van der Waals surface area contributed by atoms with Crippen molar-refractivity contribution >= 4 is 11.6 Å². The van der Waals surface area contributed by atoms with Gasteiger partial charge >= 0.3 is 0 Å². The zero-order chi connectivity index (χ0) is 18.5. The van der Waals surface area contributed by atoms with Crippen LogP contribution in [0.4, 0.5) is 10.1 Å². The van der Waals surface area contributed by atoms with Crippen molar-refractivity contribution in [2.45, 2.75) is 26.9 Å². The van der Waals surface area contributed by atoms with Crippen molar-refractivity contribution in [3.8, 4) is 5.75 Å². The lowest BCUT2D eigenvalue weighted by Gasteiger charge is -2.08. The van der Waals surface area contributed by atoms with Crippen molar-refractivity contribution in [1.82, 2.24) is 5.16 Å². The third-order valence-corrected chi connectivity index (χ3v) is 4.00. The number of aromatic nitrogens is 1. The maximum absolute atomic E-state index is 13.6. The molecule has 0 unspecified atom stereocenters. The van der Waals surface area contributed by atoms with E-state index in [0.29, 0.717) is 12.4 Å². The largest absolute Gasteiger partial charge is 0.489 e. The summed E-state index contributed by atoms with van der Waals surface area (Å²) in [6, 6.07) is 13.3. The number of ether oxygens (including phenoxy) is 1. The van der Waals surface area contributed by atoms with Crippen LogP contribution in [-0.2, 0) is 17.8 Å². The lowest BCUT2D eigenvalue weighted by molar-refractivity contribution is -0.115. The molecule has 2 aromatic carbocycles. The van der Waals surface area contributed by atoms with Gasteiger partial charge in [-0.3, -0.25) is 4.79 Å². The number of benzene rings is 2. The highest BCUT2D eigenvalue weighted by Gasteiger charge is 2.10. The number of rotatable bonds is 6. The minimum atomic E-state index is -0.455. The number of aryl methyl sites for hydroxylation is 2. The monoisotopic (exact) mass is 354 g/mol. The number of hydrogen-bond donors (Lipinski definition) is 1. The number of nitrogens with zero attached hydrogens (tertiary/aromatic N) is 1. The van der Waals surface area contributed by atoms with Crippen molar-refractivity contribution in [3.05, 3.63) is 76.9 Å². The van der Waals surface area contributed by atoms with Crippen LogP contribution >= 0.6 is 0 Å². The van der Waals surface area contributed by atoms with Gasteiger partial charge in [-0.15, -0.1) is 0 Å². The molecular weight excluding hydrogens is 335 g/mol. The predicted octanol–water partition coefficient (Wildman–Crippen LogP) is 4.19. The van der Waals surface area contributed by atoms with Gasteiger partial charge in [0.25, 0.3) is 0 Å². The highest BCUT2D eigenvalue weighted by molar-refractivity contribution is 5.92. The summed E-state index contributed by atoms with van der Waals surface area (Å²) in [7, 11) is 0. The zero-order valence-electron chi connectivity index (χ0n) is 14.6. The van der Waals surface area contributed by atoms with E-state index in [-0.39, 0.29) is 18.0 Å². The number of hydrogen-bond acceptors (Lipinski definition) is 4. The zero-order valence-corrected chi connectivity index (χ0v) is 14.6. The smallest absolute Gasteiger partial charge is 0.228 e. The van der Waals surface area contributed by atoms with E-state index in [1.807, 2.05) is 26.0 Å². The summed E-state index contributed by atoms with van der Waals surface area (Å²) in [5.41, 5.74) is 2.72. The molecule has 3 aromatic rings. The second-order valence-corrected chi connectivity index (χ2v) is 5.94. The summed E-state index contributed by atoms with van der Waals surface area (Å²) in [4.78, 5) is 12.0. The molecule has 0 atom stereocenters. The summed E-state index contributed by atoms with van der Waals surface area (Å²) in [5.74, 6) is 0.690. The van der Waals surface area contributed by atoms with Gasteiger partial charge in [-0.2, -0.15) is 0 Å². The highest BCUT2D eigenvalue weighted by atomic mass is 19.1. The molecule has 6 heteroatoms. The number of carbonyl (C=O) groups is 1. The highest BCUT2D eigenvalue weighted by Crippen LogP contribution is 2.18. The third-order valence-electron chi connectivity index (χ3n) is 4.00. The summed E-state index contributed by atoms with van der Waals surface area (Å²) in [6.45, 7) is 4.08. The van der Waals surface area contributed by atoms with E-state index in [0.717, 1.165) is 22.6 Å². The molecule has 3 rings (SSSR count). The Morgan fingerprint density at radius 2 is 1.88 bits per heavy atom. The van der Waals surface area contributed by atoms with Crippen molar-refractivity contribution < 1.29 is 18.4 Å². The molecule has 0 aliphatic heterocycles. The maximum atomic E-state index is 13.6. The van der Waals surface area contributed by atoms with E-state index >= 15 is 0 Å². The number of amides is 1. The Labute approximate surface area is 150 Å². The van der Waals surface area contributed by atoms with Crippen LogP contribution in [0.15, 0.2) is 53.1 Å². The molecule has 0 radical (unpaired) electrons. The molecule has 134 valence electrons. The predicted molar refractivity (Wildman–Crippen MR) is 95.5 cm³/mol. The molecular formula is C20H19FN2O3. The van der Waals surface area contributed by atoms with Gasteiger partial charge in [0, 0.05) is 0 Å². The van der Waals surface area contributed by atoms with E-state index in [1.54, 1.807) is 24.3 Å². The van der Waals surface area contributed by atoms with Gasteiger partial charge in [0.05, 0.1) is 23.4 Å². The van der Waals surface area contributed by atoms with Crippen LogP contribution in [0.25, 0.3) is 0 Å². The summed E-state index contributed by atoms with van der Waals surface area (Å²) in [5, 5.41) is 6.46. The van der Waals surface area contributed by atoms with Gasteiger partial charge in [0.1, 0.15) is 23.9 Å². The van der Waals surface area contributed by atoms with Crippen molar-refractivity contribution in [2.75, 3.05) is 5.32 Å². The fourth-order valence-corrected chi connectivity index (χ4v) is 2.51. The van der Waals surface area contributed by atoms with Gasteiger partial charge in [-0.05, 0) is 43.7 Å². The Morgan fingerprint density at radius 1 is 1.15 bits per heavy atom. The van der Waals surface area contributed by atoms with Crippen molar-refractivity contribution in [3.63, 3.8) is 0 Å². The van der Waals surface area contributed by atoms with E-state index in [9.17, 15) is 9.18 Å². The molecule has 26 heavy (non-hydrogen) atoms. The average Bonchev–Trinajstić information content (AvgIpc) is 2.94. The molecule has 0 bridgehead atoms. The third kappa shape index (κ3) is 4.27. The second-order valence-electron chi connectivity index (χ2n) is 5.94. The lowest BCUT2D eigenvalue weighted by atomic mass is 10.1. The molecule has 0 fully saturated rings. The minimum Gasteiger partial charge on any atom is -0.489 e. The van der Waals surface area contributed by atoms with Gasteiger partial charge in [0.2, 0.25) is 5.91 Å². The van der Waals surface area contributed by atoms with Crippen LogP contribution in [0.2, 0.25) is 0 Å². The Bertz CT molecular complexity index is 884. The van der Waals surface area contributed by atoms with Gasteiger partial charge < -0.3 is 14.6 Å². The second kappa shape index (κ2) is 7.82. The van der Waals surface area contributed by atoms with E-state index in [1.165, 1.54) is 12.1 Å². The van der Waals surface area contributed by atoms with Crippen LogP contribution < -0.4 is 10.1 Å². The van der Waals surface area contributed by atoms with Gasteiger partial charge in [-0.25, -0.2) is 4.39 Å². The molecule has 1 aromatic heterocycles. The van der Waals surface area contributed by atoms with Crippen molar-refractivity contribution in [1.29, 1.82) is 0 Å². The molecule has 0 saturated carbocycles. The number of anilines is 1. The topological polar surface area (TPSA) is 64.4 Å². The van der Waals surface area contributed by atoms with E-state index in [2.05, 4.69) is 10.5 Å². The van der Waals surface area contributed by atoms with Gasteiger partial charge in [0.15, 0.2) is 0 Å². The lowest BCUT2D eigenvalue weighted by Crippen LogP contribution is -2.15. The van der Waals surface area contributed by atoms with E-state index in [4.69, 9.17) is 9.26 Å². The van der Waals surface area contributed by atoms with Crippen LogP contribution in [-0.4, -0.2) is 11.1 Å². The van der Waals surface area contributed by atoms with Crippen LogP contribution in [0.3, 0.4) is 0 Å². The van der Waals surface area contributed by atoms with E-state index < -0.39 is 5.82 Å². The quantitative estimate of drug-likeness (QED) is 0.721. The first-order valence-corrected chi connectivity index (χ1v) is 8.21. The summed E-state index contributed by atoms with van der Waals surface area (Å²) in [6.07, 6.45) is 0.151. The fourth-order valence-electron chi connectivity index (χ4n) is 2.51. The first kappa shape index (κ1) is 17.7. The van der Waals surface area contributed by atoms with Crippen LogP contribution in [0.5, 0.6) is 5.75 Å². The number of halogens is 1. The molecule has 0 aliphatic rings. The number of para-hydroxylation sites is 1. The van der Waals surface area contributed by atoms with Crippen LogP contribution in [0.1, 0.15) is 22.6 Å². The summed E-state index contributed by atoms with van der Waals surface area (Å²) >= 11 is 0. The standard InChI is InChI=1S/C20H19FN2O3/c1-13-17(14(2)26-23-13)12-25-16-9-7-15(8-10-16)11-20(24)22-19-6-4-3-5-18(19)21/h3-10H,11-12H2,1-2H3,(H,22,24). The molecule has 1 heterocycles. The Balaban J connectivity index is 1.56. The Hall–Kier alpha value is -3.15. The Morgan fingerprint density at radius 3 is 2.54 bits per heavy atom. The molecule has 1 N–H and O–H groups in total. The molecule has 5 nitrogen and oxygen atoms in total. The van der Waals surface area contributed by atoms with Gasteiger partial charge in [-0.1, -0.05) is 29.4 Å². The molecule has 1 amide bonds. The molecule has 0 aliphatic carbocycles. The first-order chi connectivity index (χ1) is 12.5. The van der Waals surface area contributed by atoms with Crippen LogP contribution in [0, 0.1) is 19.7 Å². The normalized spacial score (nSPS) is 10.6. The first-order valence-electron chi connectivity index (χ1n) is 8.21. The average molecular weight is 354 g/mol. The maximum Gasteiger partial charge on any atom is 0.228 e. The summed E-state index contributed by atoms with van der Waals surface area (Å²) < 4.78 is 24.4. The fraction of sp³-hybridized carbons (Fsp3) is 0.200. The molecule has 0 saturated heterocycles. The SMILES string of the molecule is Cc1noc(C)c1COc1ccc(CC(=O)Nc2ccccc2F)cc1. The van der Waals surface area contributed by atoms with Crippen molar-refractivity contribution in [2.24, 2.45) is 0 Å². The number of nitrogens with one attached hydrogen (secondary N) is 1. The Kier molecular flexibility index (Phi) is 5.31.